The van der Waals surface area contributed by atoms with Gasteiger partial charge in [-0.1, -0.05) is 37.5 Å². The highest BCUT2D eigenvalue weighted by Gasteiger charge is 2.36. The van der Waals surface area contributed by atoms with E-state index in [9.17, 15) is 9.59 Å². The fourth-order valence-electron chi connectivity index (χ4n) is 5.39. The van der Waals surface area contributed by atoms with Crippen molar-refractivity contribution in [2.75, 3.05) is 45.9 Å². The molecule has 2 amide bonds. The molecule has 1 atom stereocenters. The molecular formula is C26H38N4O4. The minimum atomic E-state index is -0.630. The van der Waals surface area contributed by atoms with E-state index < -0.39 is 12.0 Å². The molecule has 0 radical (unpaired) electrons. The molecule has 0 spiro atoms. The molecule has 34 heavy (non-hydrogen) atoms. The van der Waals surface area contributed by atoms with Gasteiger partial charge in [-0.2, -0.15) is 0 Å². The number of carbonyl (C=O) groups is 2. The Labute approximate surface area is 202 Å². The van der Waals surface area contributed by atoms with Gasteiger partial charge in [0.25, 0.3) is 0 Å². The van der Waals surface area contributed by atoms with Gasteiger partial charge in [-0.05, 0) is 32.8 Å². The molecule has 186 valence electrons. The van der Waals surface area contributed by atoms with Crippen LogP contribution in [0.1, 0.15) is 57.6 Å². The van der Waals surface area contributed by atoms with Gasteiger partial charge in [-0.15, -0.1) is 0 Å². The van der Waals surface area contributed by atoms with Crippen LogP contribution in [0.3, 0.4) is 0 Å². The normalized spacial score (nSPS) is 22.8. The number of hydrogen-bond acceptors (Lipinski definition) is 6. The van der Waals surface area contributed by atoms with Crippen LogP contribution in [-0.4, -0.2) is 73.8 Å². The number of ether oxygens (including phenoxy) is 2. The summed E-state index contributed by atoms with van der Waals surface area (Å²) in [5, 5.41) is 5.83. The number of rotatable bonds is 8. The molecule has 1 saturated carbocycles. The highest BCUT2D eigenvalue weighted by molar-refractivity contribution is 5.95. The Hall–Kier alpha value is -2.58. The van der Waals surface area contributed by atoms with E-state index in [1.807, 2.05) is 31.2 Å². The fraction of sp³-hybridized carbons (Fsp3) is 0.615. The van der Waals surface area contributed by atoms with Crippen LogP contribution in [0.25, 0.3) is 0 Å². The second kappa shape index (κ2) is 11.7. The number of urea groups is 1. The third-order valence-corrected chi connectivity index (χ3v) is 7.06. The van der Waals surface area contributed by atoms with Crippen molar-refractivity contribution in [3.8, 4) is 5.75 Å². The van der Waals surface area contributed by atoms with E-state index in [-0.39, 0.29) is 12.6 Å². The van der Waals surface area contributed by atoms with E-state index >= 15 is 0 Å². The molecule has 2 aliphatic heterocycles. The van der Waals surface area contributed by atoms with Crippen LogP contribution in [0.15, 0.2) is 35.5 Å². The predicted molar refractivity (Wildman–Crippen MR) is 131 cm³/mol. The average molecular weight is 471 g/mol. The first-order chi connectivity index (χ1) is 16.6. The van der Waals surface area contributed by atoms with Gasteiger partial charge in [-0.3, -0.25) is 9.80 Å². The number of nitrogens with one attached hydrogen (secondary N) is 2. The molecule has 1 unspecified atom stereocenters. The lowest BCUT2D eigenvalue weighted by Crippen LogP contribution is -2.53. The van der Waals surface area contributed by atoms with E-state index in [1.54, 1.807) is 6.92 Å². The lowest BCUT2D eigenvalue weighted by Gasteiger charge is -2.41. The summed E-state index contributed by atoms with van der Waals surface area (Å²) < 4.78 is 11.2. The van der Waals surface area contributed by atoms with Crippen molar-refractivity contribution in [3.05, 3.63) is 41.1 Å². The number of para-hydroxylation sites is 1. The minimum absolute atomic E-state index is 0.267. The van der Waals surface area contributed by atoms with Gasteiger partial charge in [-0.25, -0.2) is 9.59 Å². The number of hydrogen-bond donors (Lipinski definition) is 2. The maximum Gasteiger partial charge on any atom is 0.338 e. The molecule has 1 aromatic carbocycles. The lowest BCUT2D eigenvalue weighted by molar-refractivity contribution is -0.139. The molecule has 4 rings (SSSR count). The van der Waals surface area contributed by atoms with Gasteiger partial charge < -0.3 is 20.1 Å². The van der Waals surface area contributed by atoms with Gasteiger partial charge >= 0.3 is 12.0 Å². The van der Waals surface area contributed by atoms with E-state index in [0.717, 1.165) is 31.7 Å². The van der Waals surface area contributed by atoms with Crippen molar-refractivity contribution in [3.63, 3.8) is 0 Å². The van der Waals surface area contributed by atoms with E-state index in [1.165, 1.54) is 32.1 Å². The summed E-state index contributed by atoms with van der Waals surface area (Å²) in [7, 11) is 0. The second-order valence-corrected chi connectivity index (χ2v) is 9.22. The molecule has 1 aliphatic carbocycles. The molecule has 8 nitrogen and oxygen atoms in total. The van der Waals surface area contributed by atoms with Crippen molar-refractivity contribution in [1.29, 1.82) is 0 Å². The van der Waals surface area contributed by atoms with E-state index in [2.05, 4.69) is 20.4 Å². The van der Waals surface area contributed by atoms with Crippen LogP contribution in [0.2, 0.25) is 0 Å². The SMILES string of the molecule is CCOC(=O)C1=C(CN2CCN(C3CCCCC3)CC2)NC(=O)NC1c1ccccc1OCC. The van der Waals surface area contributed by atoms with Crippen LogP contribution >= 0.6 is 0 Å². The first kappa shape index (κ1) is 24.5. The first-order valence-corrected chi connectivity index (χ1v) is 12.8. The fourth-order valence-corrected chi connectivity index (χ4v) is 5.39. The summed E-state index contributed by atoms with van der Waals surface area (Å²) in [5.41, 5.74) is 1.81. The van der Waals surface area contributed by atoms with Crippen molar-refractivity contribution in [2.45, 2.75) is 58.0 Å². The molecule has 2 N–H and O–H groups in total. The quantitative estimate of drug-likeness (QED) is 0.568. The van der Waals surface area contributed by atoms with Crippen LogP contribution in [0.4, 0.5) is 4.79 Å². The monoisotopic (exact) mass is 470 g/mol. The summed E-state index contributed by atoms with van der Waals surface area (Å²) >= 11 is 0. The first-order valence-electron chi connectivity index (χ1n) is 12.8. The van der Waals surface area contributed by atoms with E-state index in [4.69, 9.17) is 9.47 Å². The second-order valence-electron chi connectivity index (χ2n) is 9.22. The summed E-state index contributed by atoms with van der Waals surface area (Å²) in [5.74, 6) is 0.238. The molecule has 2 heterocycles. The molecule has 1 aromatic rings. The number of piperazine rings is 1. The van der Waals surface area contributed by atoms with Crippen molar-refractivity contribution >= 4 is 12.0 Å². The van der Waals surface area contributed by atoms with Crippen molar-refractivity contribution in [1.82, 2.24) is 20.4 Å². The summed E-state index contributed by atoms with van der Waals surface area (Å²) in [6.45, 7) is 8.85. The molecule has 3 aliphatic rings. The smallest absolute Gasteiger partial charge is 0.338 e. The number of amides is 2. The topological polar surface area (TPSA) is 83.1 Å². The average Bonchev–Trinajstić information content (AvgIpc) is 2.85. The molecule has 8 heteroatoms. The van der Waals surface area contributed by atoms with Crippen molar-refractivity contribution < 1.29 is 19.1 Å². The number of carbonyl (C=O) groups excluding carboxylic acids is 2. The molecule has 2 fully saturated rings. The van der Waals surface area contributed by atoms with Crippen LogP contribution < -0.4 is 15.4 Å². The Morgan fingerprint density at radius 2 is 1.76 bits per heavy atom. The van der Waals surface area contributed by atoms with Crippen LogP contribution in [0.5, 0.6) is 5.75 Å². The van der Waals surface area contributed by atoms with Crippen LogP contribution in [-0.2, 0) is 9.53 Å². The maximum absolute atomic E-state index is 13.1. The molecule has 0 aromatic heterocycles. The van der Waals surface area contributed by atoms with E-state index in [0.29, 0.717) is 36.2 Å². The lowest BCUT2D eigenvalue weighted by atomic mass is 9.93. The van der Waals surface area contributed by atoms with Gasteiger partial charge in [0.2, 0.25) is 0 Å². The molecule has 0 bridgehead atoms. The Morgan fingerprint density at radius 1 is 1.03 bits per heavy atom. The highest BCUT2D eigenvalue weighted by atomic mass is 16.5. The molecular weight excluding hydrogens is 432 g/mol. The standard InChI is InChI=1S/C26H38N4O4/c1-3-33-22-13-9-8-12-20(22)24-23(25(31)34-4-2)21(27-26(32)28-24)18-29-14-16-30(17-15-29)19-10-6-5-7-11-19/h8-9,12-13,19,24H,3-7,10-11,14-18H2,1-2H3,(H2,27,28,32). The predicted octanol–water partition coefficient (Wildman–Crippen LogP) is 3.21. The van der Waals surface area contributed by atoms with Gasteiger partial charge in [0, 0.05) is 50.0 Å². The Kier molecular flexibility index (Phi) is 8.45. The third kappa shape index (κ3) is 5.73. The summed E-state index contributed by atoms with van der Waals surface area (Å²) in [4.78, 5) is 30.8. The highest BCUT2D eigenvalue weighted by Crippen LogP contribution is 2.34. The number of esters is 1. The zero-order chi connectivity index (χ0) is 23.9. The summed E-state index contributed by atoms with van der Waals surface area (Å²) in [6.07, 6.45) is 6.65. The number of benzene rings is 1. The van der Waals surface area contributed by atoms with Crippen LogP contribution in [0, 0.1) is 0 Å². The van der Waals surface area contributed by atoms with Gasteiger partial charge in [0.05, 0.1) is 24.8 Å². The largest absolute Gasteiger partial charge is 0.494 e. The van der Waals surface area contributed by atoms with Crippen molar-refractivity contribution in [2.24, 2.45) is 0 Å². The third-order valence-electron chi connectivity index (χ3n) is 7.06. The number of nitrogens with zero attached hydrogens (tertiary/aromatic N) is 2. The minimum Gasteiger partial charge on any atom is -0.494 e. The zero-order valence-electron chi connectivity index (χ0n) is 20.5. The Balaban J connectivity index is 1.56. The molecule has 1 saturated heterocycles. The summed E-state index contributed by atoms with van der Waals surface area (Å²) in [6, 6.07) is 7.29. The Morgan fingerprint density at radius 3 is 2.47 bits per heavy atom. The van der Waals surface area contributed by atoms with Gasteiger partial charge in [0.15, 0.2) is 0 Å². The van der Waals surface area contributed by atoms with Gasteiger partial charge in [0.1, 0.15) is 5.75 Å². The Bertz CT molecular complexity index is 889. The maximum atomic E-state index is 13.1. The zero-order valence-corrected chi connectivity index (χ0v) is 20.5.